The molecule has 0 aliphatic carbocycles. The minimum atomic E-state index is -5.19. The summed E-state index contributed by atoms with van der Waals surface area (Å²) >= 11 is 0. The molecule has 2 aromatic carbocycles. The second-order valence-corrected chi connectivity index (χ2v) is 12.9. The maximum atomic E-state index is 13.3. The Balaban J connectivity index is 0.00000167. The molecule has 2 aromatic rings. The molecule has 10 N–H and O–H groups in total. The number of carbonyl (C=O) groups is 6. The molecule has 0 aromatic heterocycles. The lowest BCUT2D eigenvalue weighted by atomic mass is 10.0. The number of phenolic OH excluding ortho intramolecular Hbond substituents is 1. The van der Waals surface area contributed by atoms with E-state index in [0.717, 1.165) is 17.1 Å². The first-order valence-corrected chi connectivity index (χ1v) is 16.9. The highest BCUT2D eigenvalue weighted by Gasteiger charge is 2.32. The third-order valence-electron chi connectivity index (χ3n) is 6.76. The molecule has 2 rings (SSSR count). The second-order valence-electron chi connectivity index (χ2n) is 11.1. The normalized spacial score (nSPS) is 14.5. The predicted octanol–water partition coefficient (Wildman–Crippen LogP) is -2.66. The largest absolute Gasteiger partial charge is 0.542 e. The Morgan fingerprint density at radius 3 is 1.98 bits per heavy atom. The molecule has 1 unspecified atom stereocenters. The van der Waals surface area contributed by atoms with Gasteiger partial charge in [0.2, 0.25) is 23.6 Å². The van der Waals surface area contributed by atoms with Crippen molar-refractivity contribution >= 4 is 43.1 Å². The number of amides is 5. The van der Waals surface area contributed by atoms with Crippen LogP contribution in [0, 0.1) is 0 Å². The van der Waals surface area contributed by atoms with Gasteiger partial charge in [-0.15, -0.1) is 0 Å². The van der Waals surface area contributed by atoms with E-state index in [-0.39, 0.29) is 18.6 Å². The molecule has 0 fully saturated rings. The van der Waals surface area contributed by atoms with Gasteiger partial charge in [-0.05, 0) is 30.2 Å². The lowest BCUT2D eigenvalue weighted by Gasteiger charge is -2.29. The standard InChI is InChI=1S/C28H39N6O9P.C2HF3O2/c1-17(32-27(39)21(29)13-19-9-11-20(35)12-10-19)26(38)31-15-24(36)34(2)23(14-18-7-5-4-6-8-18)28(40)33-22(25(30)37)16-43-44(3,41)42;3-2(4,5)1(6)7/h4-12,17,21-23,35H,13-16,29H2,1-3H3,(H2,30,37)(H,31,38)(H,32,39)(H,33,40)(H,41,42);(H,6,7)/t17-,21+,22+,23+;/m1./s1. The number of hydrogen-bond acceptors (Lipinski definition) is 10. The summed E-state index contributed by atoms with van der Waals surface area (Å²) in [5, 5.41) is 25.5. The molecule has 5 amide bonds. The Morgan fingerprint density at radius 1 is 0.961 bits per heavy atom. The summed E-state index contributed by atoms with van der Waals surface area (Å²) in [5.41, 5.74) is 10.6. The van der Waals surface area contributed by atoms with Gasteiger partial charge in [0.1, 0.15) is 29.8 Å². The molecule has 0 spiro atoms. The minimum absolute atomic E-state index is 0.0276. The van der Waals surface area contributed by atoms with E-state index in [2.05, 4.69) is 21.7 Å². The monoisotopic (exact) mass is 748 g/mol. The van der Waals surface area contributed by atoms with E-state index in [1.807, 2.05) is 0 Å². The van der Waals surface area contributed by atoms with Gasteiger partial charge in [-0.3, -0.25) is 28.5 Å². The van der Waals surface area contributed by atoms with Crippen LogP contribution in [0.25, 0.3) is 0 Å². The van der Waals surface area contributed by atoms with Crippen LogP contribution < -0.4 is 32.5 Å². The molecular weight excluding hydrogens is 708 g/mol. The van der Waals surface area contributed by atoms with Crippen molar-refractivity contribution < 1.29 is 71.9 Å². The maximum absolute atomic E-state index is 13.3. The Morgan fingerprint density at radius 2 is 1.49 bits per heavy atom. The topological polar surface area (TPSA) is 285 Å². The molecule has 0 aliphatic rings. The lowest BCUT2D eigenvalue weighted by Crippen LogP contribution is -2.69. The molecule has 21 heteroatoms. The zero-order valence-electron chi connectivity index (χ0n) is 27.7. The highest BCUT2D eigenvalue weighted by molar-refractivity contribution is 7.51. The number of likely N-dealkylation sites (N-methyl/N-ethyl adjacent to an activating group) is 1. The fourth-order valence-corrected chi connectivity index (χ4v) is 4.36. The van der Waals surface area contributed by atoms with Crippen LogP contribution in [-0.4, -0.2) is 108 Å². The van der Waals surface area contributed by atoms with Gasteiger partial charge in [-0.1, -0.05) is 42.5 Å². The van der Waals surface area contributed by atoms with E-state index in [4.69, 9.17) is 20.2 Å². The van der Waals surface area contributed by atoms with Crippen LogP contribution in [0.4, 0.5) is 13.2 Å². The van der Waals surface area contributed by atoms with Gasteiger partial charge >= 0.3 is 13.8 Å². The summed E-state index contributed by atoms with van der Waals surface area (Å²) in [5.74, 6) is -6.52. The van der Waals surface area contributed by atoms with E-state index < -0.39 is 86.6 Å². The van der Waals surface area contributed by atoms with Crippen molar-refractivity contribution in [3.05, 3.63) is 65.7 Å². The van der Waals surface area contributed by atoms with Crippen LogP contribution in [0.15, 0.2) is 54.6 Å². The molecule has 0 saturated carbocycles. The first-order chi connectivity index (χ1) is 23.5. The fourth-order valence-electron chi connectivity index (χ4n) is 3.94. The van der Waals surface area contributed by atoms with Gasteiger partial charge < -0.3 is 56.7 Å². The number of phenols is 1. The number of nitrogens with one attached hydrogen (secondary N) is 3. The third kappa shape index (κ3) is 17.0. The number of halogens is 3. The summed E-state index contributed by atoms with van der Waals surface area (Å²) in [6.07, 6.45) is -4.89. The smallest absolute Gasteiger partial charge is 0.430 e. The zero-order valence-corrected chi connectivity index (χ0v) is 28.6. The van der Waals surface area contributed by atoms with Gasteiger partial charge in [0, 0.05) is 26.6 Å². The fraction of sp³-hybridized carbons (Fsp3) is 0.400. The number of hydrogen-bond donors (Lipinski definition) is 7. The highest BCUT2D eigenvalue weighted by Crippen LogP contribution is 2.36. The molecular formula is C30H40F3N6O11P. The minimum Gasteiger partial charge on any atom is -0.542 e. The van der Waals surface area contributed by atoms with Crippen LogP contribution in [0.5, 0.6) is 5.75 Å². The Labute approximate surface area is 290 Å². The molecule has 5 atom stereocenters. The summed E-state index contributed by atoms with van der Waals surface area (Å²) in [7, 11) is -2.64. The number of nitrogens with zero attached hydrogens (tertiary/aromatic N) is 1. The number of carboxylic acids is 1. The molecule has 0 bridgehead atoms. The average Bonchev–Trinajstić information content (AvgIpc) is 3.04. The number of benzene rings is 2. The summed E-state index contributed by atoms with van der Waals surface area (Å²) in [6.45, 7) is 1.17. The first kappa shape index (κ1) is 44.0. The summed E-state index contributed by atoms with van der Waals surface area (Å²) < 4.78 is 47.8. The van der Waals surface area contributed by atoms with Crippen molar-refractivity contribution in [1.29, 1.82) is 0 Å². The number of rotatable bonds is 16. The Bertz CT molecular complexity index is 1560. The van der Waals surface area contributed by atoms with Gasteiger partial charge in [-0.2, -0.15) is 13.2 Å². The Kier molecular flexibility index (Phi) is 17.2. The first-order valence-electron chi connectivity index (χ1n) is 14.8. The van der Waals surface area contributed by atoms with E-state index >= 15 is 0 Å². The number of quaternary nitrogens is 1. The van der Waals surface area contributed by atoms with Crippen molar-refractivity contribution in [3.8, 4) is 5.75 Å². The molecule has 0 radical (unpaired) electrons. The van der Waals surface area contributed by atoms with Gasteiger partial charge in [0.05, 0.1) is 13.2 Å². The van der Waals surface area contributed by atoms with Crippen LogP contribution in [0.1, 0.15) is 18.1 Å². The third-order valence-corrected chi connectivity index (χ3v) is 7.39. The predicted molar refractivity (Wildman–Crippen MR) is 170 cm³/mol. The van der Waals surface area contributed by atoms with Crippen LogP contribution in [-0.2, 0) is 50.7 Å². The molecule has 0 aliphatic heterocycles. The number of carbonyl (C=O) groups excluding carboxylic acids is 6. The van der Waals surface area contributed by atoms with E-state index in [1.54, 1.807) is 42.5 Å². The molecule has 282 valence electrons. The van der Waals surface area contributed by atoms with E-state index in [9.17, 15) is 51.7 Å². The van der Waals surface area contributed by atoms with Gasteiger partial charge in [-0.25, -0.2) is 0 Å². The number of nitrogens with two attached hydrogens (primary N) is 1. The number of aliphatic carboxylic acids is 1. The van der Waals surface area contributed by atoms with E-state index in [1.165, 1.54) is 26.1 Å². The SMILES string of the molecule is C[C@@H](NC(=O)[C@@H]([NH3+])Cc1ccc(O)cc1)C(=O)NCC(=O)N(C)[C@@H](Cc1ccccc1)C(=O)N[C@@H](COP(C)(=O)O)C(N)=O.O=C([O-])C(F)(F)F. The molecule has 17 nitrogen and oxygen atoms in total. The summed E-state index contributed by atoms with van der Waals surface area (Å²) in [6, 6.07) is 10.6. The highest BCUT2D eigenvalue weighted by atomic mass is 31.2. The van der Waals surface area contributed by atoms with Crippen LogP contribution in [0.3, 0.4) is 0 Å². The number of carboxylic acid groups (broad SMARTS) is 1. The number of aromatic hydroxyl groups is 1. The molecule has 0 saturated heterocycles. The molecule has 0 heterocycles. The van der Waals surface area contributed by atoms with E-state index in [0.29, 0.717) is 5.56 Å². The maximum Gasteiger partial charge on any atom is 0.430 e. The summed E-state index contributed by atoms with van der Waals surface area (Å²) in [4.78, 5) is 82.7. The van der Waals surface area contributed by atoms with Crippen molar-refractivity contribution in [2.75, 3.05) is 26.9 Å². The second kappa shape index (κ2) is 20.0. The van der Waals surface area contributed by atoms with Gasteiger partial charge in [0.25, 0.3) is 5.91 Å². The molecule has 51 heavy (non-hydrogen) atoms. The quantitative estimate of drug-likeness (QED) is 0.0870. The number of alkyl halides is 3. The van der Waals surface area contributed by atoms with Crippen LogP contribution >= 0.6 is 7.60 Å². The van der Waals surface area contributed by atoms with Crippen molar-refractivity contribution in [3.63, 3.8) is 0 Å². The Hall–Kier alpha value is -5.04. The van der Waals surface area contributed by atoms with Crippen molar-refractivity contribution in [2.45, 2.75) is 50.1 Å². The average molecular weight is 749 g/mol. The van der Waals surface area contributed by atoms with Crippen molar-refractivity contribution in [1.82, 2.24) is 20.9 Å². The zero-order chi connectivity index (χ0) is 39.1. The van der Waals surface area contributed by atoms with Crippen molar-refractivity contribution in [2.24, 2.45) is 5.73 Å². The lowest BCUT2D eigenvalue weighted by molar-refractivity contribution is -0.403. The van der Waals surface area contributed by atoms with Crippen LogP contribution in [0.2, 0.25) is 0 Å². The van der Waals surface area contributed by atoms with Gasteiger partial charge in [0.15, 0.2) is 6.04 Å². The number of primary amides is 1.